The Morgan fingerprint density at radius 3 is 2.95 bits per heavy atom. The lowest BCUT2D eigenvalue weighted by Gasteiger charge is -2.07. The molecule has 4 nitrogen and oxygen atoms in total. The van der Waals surface area contributed by atoms with Crippen molar-refractivity contribution in [1.29, 1.82) is 0 Å². The highest BCUT2D eigenvalue weighted by molar-refractivity contribution is 7.13. The number of nitrogens with one attached hydrogen (secondary N) is 1. The van der Waals surface area contributed by atoms with Gasteiger partial charge in [0.15, 0.2) is 5.13 Å². The molecule has 1 heterocycles. The van der Waals surface area contributed by atoms with Crippen molar-refractivity contribution in [1.82, 2.24) is 4.98 Å². The Bertz CT molecular complexity index is 593. The highest BCUT2D eigenvalue weighted by Gasteiger charge is 2.12. The molecular formula is C14H16N2O2S. The number of amides is 1. The fourth-order valence-electron chi connectivity index (χ4n) is 1.76. The summed E-state index contributed by atoms with van der Waals surface area (Å²) in [7, 11) is 0. The minimum atomic E-state index is -0.147. The maximum atomic E-state index is 12.2. The molecule has 0 radical (unpaired) electrons. The van der Waals surface area contributed by atoms with Gasteiger partial charge in [0.2, 0.25) is 0 Å². The molecule has 5 heteroatoms. The van der Waals surface area contributed by atoms with Crippen LogP contribution in [-0.2, 0) is 6.42 Å². The first kappa shape index (κ1) is 13.7. The first-order chi connectivity index (χ1) is 9.11. The summed E-state index contributed by atoms with van der Waals surface area (Å²) < 4.78 is 0. The van der Waals surface area contributed by atoms with Crippen LogP contribution in [0.1, 0.15) is 27.2 Å². The van der Waals surface area contributed by atoms with Crippen molar-refractivity contribution in [3.05, 3.63) is 46.0 Å². The standard InChI is InChI=1S/C14H16N2O2S/c1-9-4-3-5-12(10(9)2)13(18)16-14-15-11(6-7-17)8-19-14/h3-5,8,17H,6-7H2,1-2H3,(H,15,16,18). The van der Waals surface area contributed by atoms with Crippen LogP contribution in [0.15, 0.2) is 23.6 Å². The number of aliphatic hydroxyl groups excluding tert-OH is 1. The van der Waals surface area contributed by atoms with Crippen LogP contribution in [0.4, 0.5) is 5.13 Å². The van der Waals surface area contributed by atoms with E-state index < -0.39 is 0 Å². The Morgan fingerprint density at radius 2 is 2.21 bits per heavy atom. The smallest absolute Gasteiger partial charge is 0.257 e. The highest BCUT2D eigenvalue weighted by atomic mass is 32.1. The van der Waals surface area contributed by atoms with Gasteiger partial charge in [0.05, 0.1) is 5.69 Å². The van der Waals surface area contributed by atoms with Gasteiger partial charge in [0, 0.05) is 24.0 Å². The van der Waals surface area contributed by atoms with Crippen molar-refractivity contribution in [2.75, 3.05) is 11.9 Å². The van der Waals surface area contributed by atoms with Crippen LogP contribution in [0.5, 0.6) is 0 Å². The van der Waals surface area contributed by atoms with Crippen molar-refractivity contribution >= 4 is 22.4 Å². The normalized spacial score (nSPS) is 10.5. The van der Waals surface area contributed by atoms with E-state index in [1.165, 1.54) is 11.3 Å². The summed E-state index contributed by atoms with van der Waals surface area (Å²) in [5, 5.41) is 14.0. The van der Waals surface area contributed by atoms with Gasteiger partial charge in [-0.05, 0) is 31.0 Å². The summed E-state index contributed by atoms with van der Waals surface area (Å²) in [6.45, 7) is 3.98. The number of aromatic nitrogens is 1. The van der Waals surface area contributed by atoms with Crippen molar-refractivity contribution in [3.63, 3.8) is 0 Å². The molecule has 0 atom stereocenters. The number of hydrogen-bond acceptors (Lipinski definition) is 4. The lowest BCUT2D eigenvalue weighted by molar-refractivity contribution is 0.102. The SMILES string of the molecule is Cc1cccc(C(=O)Nc2nc(CCO)cs2)c1C. The number of aryl methyl sites for hydroxylation is 1. The minimum absolute atomic E-state index is 0.0636. The van der Waals surface area contributed by atoms with Gasteiger partial charge < -0.3 is 5.11 Å². The van der Waals surface area contributed by atoms with Gasteiger partial charge in [0.1, 0.15) is 0 Å². The van der Waals surface area contributed by atoms with Gasteiger partial charge in [-0.1, -0.05) is 12.1 Å². The van der Waals surface area contributed by atoms with Gasteiger partial charge >= 0.3 is 0 Å². The third kappa shape index (κ3) is 3.19. The Hall–Kier alpha value is -1.72. The molecule has 0 aliphatic carbocycles. The monoisotopic (exact) mass is 276 g/mol. The molecule has 1 aromatic heterocycles. The molecule has 0 aliphatic rings. The lowest BCUT2D eigenvalue weighted by Crippen LogP contribution is -2.13. The van der Waals surface area contributed by atoms with Crippen molar-refractivity contribution in [2.45, 2.75) is 20.3 Å². The maximum Gasteiger partial charge on any atom is 0.257 e. The lowest BCUT2D eigenvalue weighted by atomic mass is 10.0. The second-order valence-corrected chi connectivity index (χ2v) is 5.18. The zero-order chi connectivity index (χ0) is 13.8. The van der Waals surface area contributed by atoms with Gasteiger partial charge in [-0.2, -0.15) is 0 Å². The summed E-state index contributed by atoms with van der Waals surface area (Å²) in [6, 6.07) is 5.66. The fourth-order valence-corrected chi connectivity index (χ4v) is 2.50. The fraction of sp³-hybridized carbons (Fsp3) is 0.286. The van der Waals surface area contributed by atoms with E-state index in [0.29, 0.717) is 17.1 Å². The van der Waals surface area contributed by atoms with E-state index in [9.17, 15) is 4.79 Å². The maximum absolute atomic E-state index is 12.2. The zero-order valence-electron chi connectivity index (χ0n) is 10.9. The second kappa shape index (κ2) is 5.95. The first-order valence-corrected chi connectivity index (χ1v) is 6.92. The number of anilines is 1. The molecule has 0 saturated heterocycles. The summed E-state index contributed by atoms with van der Waals surface area (Å²) in [5.74, 6) is -0.147. The highest BCUT2D eigenvalue weighted by Crippen LogP contribution is 2.19. The Morgan fingerprint density at radius 1 is 1.42 bits per heavy atom. The van der Waals surface area contributed by atoms with Crippen LogP contribution in [0.2, 0.25) is 0 Å². The van der Waals surface area contributed by atoms with Crippen LogP contribution >= 0.6 is 11.3 Å². The Kier molecular flexibility index (Phi) is 4.29. The molecule has 0 fully saturated rings. The largest absolute Gasteiger partial charge is 0.396 e. The van der Waals surface area contributed by atoms with Gasteiger partial charge in [-0.3, -0.25) is 10.1 Å². The van der Waals surface area contributed by atoms with Crippen LogP contribution in [0.25, 0.3) is 0 Å². The molecule has 19 heavy (non-hydrogen) atoms. The quantitative estimate of drug-likeness (QED) is 0.902. The van der Waals surface area contributed by atoms with Gasteiger partial charge in [0.25, 0.3) is 5.91 Å². The van der Waals surface area contributed by atoms with Crippen LogP contribution < -0.4 is 5.32 Å². The third-order valence-electron chi connectivity index (χ3n) is 2.99. The molecule has 0 unspecified atom stereocenters. The molecule has 2 rings (SSSR count). The molecule has 2 N–H and O–H groups in total. The number of benzene rings is 1. The molecule has 1 aromatic carbocycles. The van der Waals surface area contributed by atoms with E-state index in [-0.39, 0.29) is 12.5 Å². The summed E-state index contributed by atoms with van der Waals surface area (Å²) in [5.41, 5.74) is 3.53. The van der Waals surface area contributed by atoms with Crippen LogP contribution in [0.3, 0.4) is 0 Å². The molecule has 0 bridgehead atoms. The summed E-state index contributed by atoms with van der Waals surface area (Å²) in [6.07, 6.45) is 0.510. The molecule has 100 valence electrons. The van der Waals surface area contributed by atoms with E-state index in [2.05, 4.69) is 10.3 Å². The second-order valence-electron chi connectivity index (χ2n) is 4.32. The van der Waals surface area contributed by atoms with E-state index >= 15 is 0 Å². The molecule has 0 saturated carbocycles. The number of hydrogen-bond donors (Lipinski definition) is 2. The van der Waals surface area contributed by atoms with E-state index in [1.807, 2.05) is 31.4 Å². The van der Waals surface area contributed by atoms with E-state index in [4.69, 9.17) is 5.11 Å². The minimum Gasteiger partial charge on any atom is -0.396 e. The van der Waals surface area contributed by atoms with Crippen molar-refractivity contribution < 1.29 is 9.90 Å². The molecule has 0 spiro atoms. The predicted octanol–water partition coefficient (Wildman–Crippen LogP) is 2.55. The third-order valence-corrected chi connectivity index (χ3v) is 3.80. The van der Waals surface area contributed by atoms with Crippen molar-refractivity contribution in [2.24, 2.45) is 0 Å². The van der Waals surface area contributed by atoms with Gasteiger partial charge in [-0.15, -0.1) is 11.3 Å². The molecule has 0 aliphatic heterocycles. The van der Waals surface area contributed by atoms with Gasteiger partial charge in [-0.25, -0.2) is 4.98 Å². The van der Waals surface area contributed by atoms with E-state index in [1.54, 1.807) is 6.07 Å². The number of nitrogens with zero attached hydrogens (tertiary/aromatic N) is 1. The number of carbonyl (C=O) groups excluding carboxylic acids is 1. The van der Waals surface area contributed by atoms with E-state index in [0.717, 1.165) is 16.8 Å². The topological polar surface area (TPSA) is 62.2 Å². The summed E-state index contributed by atoms with van der Waals surface area (Å²) >= 11 is 1.37. The average Bonchev–Trinajstić information content (AvgIpc) is 2.80. The zero-order valence-corrected chi connectivity index (χ0v) is 11.8. The Labute approximate surface area is 116 Å². The van der Waals surface area contributed by atoms with Crippen LogP contribution in [0, 0.1) is 13.8 Å². The molecule has 1 amide bonds. The van der Waals surface area contributed by atoms with Crippen molar-refractivity contribution in [3.8, 4) is 0 Å². The average molecular weight is 276 g/mol. The molecular weight excluding hydrogens is 260 g/mol. The molecule has 2 aromatic rings. The van der Waals surface area contributed by atoms with Crippen LogP contribution in [-0.4, -0.2) is 22.6 Å². The number of rotatable bonds is 4. The number of aliphatic hydroxyl groups is 1. The predicted molar refractivity (Wildman–Crippen MR) is 76.8 cm³/mol. The first-order valence-electron chi connectivity index (χ1n) is 6.04. The Balaban J connectivity index is 2.14. The summed E-state index contributed by atoms with van der Waals surface area (Å²) in [4.78, 5) is 16.4. The number of thiazole rings is 1. The number of carbonyl (C=O) groups is 1.